The number of amides is 1. The summed E-state index contributed by atoms with van der Waals surface area (Å²) in [7, 11) is 0. The van der Waals surface area contributed by atoms with Crippen LogP contribution < -0.4 is 0 Å². The van der Waals surface area contributed by atoms with E-state index in [9.17, 15) is 45.7 Å². The molecule has 0 fully saturated rings. The fourth-order valence-electron chi connectivity index (χ4n) is 3.14. The van der Waals surface area contributed by atoms with Crippen molar-refractivity contribution in [1.29, 1.82) is 0 Å². The Morgan fingerprint density at radius 3 is 1.94 bits per heavy atom. The summed E-state index contributed by atoms with van der Waals surface area (Å²) < 4.78 is 95.4. The summed E-state index contributed by atoms with van der Waals surface area (Å²) in [5, 5.41) is 23.6. The fraction of sp³-hybridized carbons (Fsp3) is 0.300. The summed E-state index contributed by atoms with van der Waals surface area (Å²) in [6, 6.07) is 13.4. The zero-order chi connectivity index (χ0) is 23.9. The summed E-state index contributed by atoms with van der Waals surface area (Å²) in [6.45, 7) is 0. The van der Waals surface area contributed by atoms with Gasteiger partial charge in [-0.05, 0) is 11.1 Å². The van der Waals surface area contributed by atoms with Gasteiger partial charge in [-0.15, -0.1) is 0 Å². The molecule has 5 nitrogen and oxygen atoms in total. The Balaban J connectivity index is 2.12. The van der Waals surface area contributed by atoms with Crippen LogP contribution in [0.3, 0.4) is 0 Å². The van der Waals surface area contributed by atoms with Gasteiger partial charge in [-0.25, -0.2) is 0 Å². The molecule has 0 unspecified atom stereocenters. The van der Waals surface area contributed by atoms with Crippen LogP contribution in [0.15, 0.2) is 65.8 Å². The van der Waals surface area contributed by atoms with E-state index in [2.05, 4.69) is 5.10 Å². The molecule has 12 heteroatoms. The molecule has 1 heterocycles. The highest BCUT2D eigenvalue weighted by molar-refractivity contribution is 6.03. The molecule has 32 heavy (non-hydrogen) atoms. The lowest BCUT2D eigenvalue weighted by molar-refractivity contribution is -0.401. The number of carbonyl (C=O) groups is 1. The van der Waals surface area contributed by atoms with Gasteiger partial charge in [-0.1, -0.05) is 60.7 Å². The number of benzene rings is 2. The van der Waals surface area contributed by atoms with Crippen molar-refractivity contribution in [2.75, 3.05) is 0 Å². The summed E-state index contributed by atoms with van der Waals surface area (Å²) in [5.41, 5.74) is -5.18. The second-order valence-corrected chi connectivity index (χ2v) is 7.02. The minimum absolute atomic E-state index is 0.0125. The van der Waals surface area contributed by atoms with E-state index in [-0.39, 0.29) is 11.1 Å². The number of hydrazone groups is 1. The maximum atomic E-state index is 14.7. The largest absolute Gasteiger partial charge is 0.460 e. The summed E-state index contributed by atoms with van der Waals surface area (Å²) in [4.78, 5) is 12.7. The SMILES string of the molecule is O=C([C@H](O)c1ccccc1)N1N=C(c2ccccc2)C[C@]1(O)C(F)(F)C(F)(F)C(F)(F)F. The number of halogens is 7. The van der Waals surface area contributed by atoms with Crippen LogP contribution in [-0.2, 0) is 4.79 Å². The molecule has 0 spiro atoms. The van der Waals surface area contributed by atoms with Gasteiger partial charge in [0.2, 0.25) is 5.72 Å². The van der Waals surface area contributed by atoms with Gasteiger partial charge in [0.15, 0.2) is 6.10 Å². The summed E-state index contributed by atoms with van der Waals surface area (Å²) >= 11 is 0. The van der Waals surface area contributed by atoms with E-state index in [1.54, 1.807) is 0 Å². The molecule has 0 saturated carbocycles. The fourth-order valence-corrected chi connectivity index (χ4v) is 3.14. The zero-order valence-corrected chi connectivity index (χ0v) is 15.9. The molecule has 2 atom stereocenters. The Hall–Kier alpha value is -2.99. The van der Waals surface area contributed by atoms with Gasteiger partial charge < -0.3 is 10.2 Å². The third kappa shape index (κ3) is 3.62. The van der Waals surface area contributed by atoms with Crippen LogP contribution in [0.25, 0.3) is 0 Å². The number of carbonyl (C=O) groups excluding carboxylic acids is 1. The second kappa shape index (κ2) is 7.85. The first-order chi connectivity index (χ1) is 14.7. The number of alkyl halides is 7. The van der Waals surface area contributed by atoms with Crippen molar-refractivity contribution in [1.82, 2.24) is 5.01 Å². The highest BCUT2D eigenvalue weighted by atomic mass is 19.4. The average Bonchev–Trinajstić information content (AvgIpc) is 3.12. The first-order valence-electron chi connectivity index (χ1n) is 8.99. The van der Waals surface area contributed by atoms with Crippen LogP contribution in [-0.4, -0.2) is 50.6 Å². The molecule has 0 aromatic heterocycles. The predicted molar refractivity (Wildman–Crippen MR) is 96.7 cm³/mol. The Labute approximate surface area is 176 Å². The van der Waals surface area contributed by atoms with Crippen molar-refractivity contribution in [2.24, 2.45) is 5.10 Å². The monoisotopic (exact) mass is 464 g/mol. The average molecular weight is 464 g/mol. The van der Waals surface area contributed by atoms with Crippen molar-refractivity contribution in [3.63, 3.8) is 0 Å². The third-order valence-electron chi connectivity index (χ3n) is 4.90. The van der Waals surface area contributed by atoms with Crippen LogP contribution in [0, 0.1) is 0 Å². The molecule has 0 saturated heterocycles. The lowest BCUT2D eigenvalue weighted by Gasteiger charge is -2.41. The Kier molecular flexibility index (Phi) is 5.81. The van der Waals surface area contributed by atoms with Crippen LogP contribution >= 0.6 is 0 Å². The minimum atomic E-state index is -6.76. The molecule has 2 N–H and O–H groups in total. The van der Waals surface area contributed by atoms with Gasteiger partial charge >= 0.3 is 18.0 Å². The number of hydrogen-bond acceptors (Lipinski definition) is 4. The first kappa shape index (κ1) is 23.7. The van der Waals surface area contributed by atoms with E-state index < -0.39 is 52.9 Å². The molecule has 1 aliphatic heterocycles. The molecule has 0 bridgehead atoms. The smallest absolute Gasteiger partial charge is 0.378 e. The van der Waals surface area contributed by atoms with E-state index in [1.165, 1.54) is 60.7 Å². The summed E-state index contributed by atoms with van der Waals surface area (Å²) in [5.74, 6) is -14.8. The lowest BCUT2D eigenvalue weighted by Crippen LogP contribution is -2.69. The van der Waals surface area contributed by atoms with Crippen molar-refractivity contribution < 1.29 is 45.7 Å². The number of rotatable bonds is 5. The molecule has 2 aromatic carbocycles. The van der Waals surface area contributed by atoms with Crippen molar-refractivity contribution in [2.45, 2.75) is 36.3 Å². The van der Waals surface area contributed by atoms with Crippen LogP contribution in [0.2, 0.25) is 0 Å². The standard InChI is InChI=1S/C20H15F7N2O3/c21-18(22,19(23,24)20(25,26)27)17(32)11-14(12-7-3-1-4-8-12)28-29(17)16(31)15(30)13-9-5-2-6-10-13/h1-10,15,30,32H,11H2/t15-,17+/m1/s1. The normalized spacial score (nSPS) is 20.8. The van der Waals surface area contributed by atoms with E-state index in [0.29, 0.717) is 0 Å². The molecular weight excluding hydrogens is 449 g/mol. The molecule has 0 aliphatic carbocycles. The van der Waals surface area contributed by atoms with Crippen molar-refractivity contribution in [3.8, 4) is 0 Å². The lowest BCUT2D eigenvalue weighted by atomic mass is 9.91. The van der Waals surface area contributed by atoms with Gasteiger partial charge in [0.1, 0.15) is 0 Å². The minimum Gasteiger partial charge on any atom is -0.378 e. The zero-order valence-electron chi connectivity index (χ0n) is 15.9. The summed E-state index contributed by atoms with van der Waals surface area (Å²) in [6.07, 6.45) is -10.6. The maximum absolute atomic E-state index is 14.7. The Bertz CT molecular complexity index is 1010. The van der Waals surface area contributed by atoms with Crippen molar-refractivity contribution >= 4 is 11.6 Å². The van der Waals surface area contributed by atoms with Crippen LogP contribution in [0.5, 0.6) is 0 Å². The molecule has 0 radical (unpaired) electrons. The molecule has 1 aliphatic rings. The van der Waals surface area contributed by atoms with Gasteiger partial charge in [-0.2, -0.15) is 40.8 Å². The van der Waals surface area contributed by atoms with Crippen LogP contribution in [0.4, 0.5) is 30.7 Å². The number of aliphatic hydroxyl groups excluding tert-OH is 1. The molecule has 2 aromatic rings. The van der Waals surface area contributed by atoms with E-state index in [1.807, 2.05) is 0 Å². The van der Waals surface area contributed by atoms with Gasteiger partial charge in [0.05, 0.1) is 5.71 Å². The third-order valence-corrected chi connectivity index (χ3v) is 4.90. The van der Waals surface area contributed by atoms with E-state index in [0.717, 1.165) is 0 Å². The Morgan fingerprint density at radius 1 is 0.938 bits per heavy atom. The van der Waals surface area contributed by atoms with Crippen LogP contribution in [0.1, 0.15) is 23.7 Å². The van der Waals surface area contributed by atoms with Gasteiger partial charge in [0.25, 0.3) is 5.91 Å². The van der Waals surface area contributed by atoms with Crippen molar-refractivity contribution in [3.05, 3.63) is 71.8 Å². The number of nitrogens with zero attached hydrogens (tertiary/aromatic N) is 2. The second-order valence-electron chi connectivity index (χ2n) is 7.02. The van der Waals surface area contributed by atoms with E-state index >= 15 is 0 Å². The quantitative estimate of drug-likeness (QED) is 0.660. The van der Waals surface area contributed by atoms with Gasteiger partial charge in [0, 0.05) is 6.42 Å². The van der Waals surface area contributed by atoms with E-state index in [4.69, 9.17) is 0 Å². The number of aliphatic hydroxyl groups is 2. The predicted octanol–water partition coefficient (Wildman–Crippen LogP) is 3.88. The topological polar surface area (TPSA) is 73.1 Å². The number of hydrogen-bond donors (Lipinski definition) is 2. The molecule has 3 rings (SSSR count). The first-order valence-corrected chi connectivity index (χ1v) is 8.99. The molecule has 1 amide bonds. The maximum Gasteiger partial charge on any atom is 0.460 e. The van der Waals surface area contributed by atoms with Gasteiger partial charge in [-0.3, -0.25) is 4.79 Å². The molecular formula is C20H15F7N2O3. The highest BCUT2D eigenvalue weighted by Crippen LogP contribution is 2.54. The highest BCUT2D eigenvalue weighted by Gasteiger charge is 2.82. The molecule has 172 valence electrons. The Morgan fingerprint density at radius 2 is 1.44 bits per heavy atom.